The number of urea groups is 1. The average molecular weight is 338 g/mol. The van der Waals surface area contributed by atoms with Gasteiger partial charge in [-0.15, -0.1) is 0 Å². The van der Waals surface area contributed by atoms with E-state index >= 15 is 0 Å². The number of hydrogen-bond donors (Lipinski definition) is 2. The molecule has 1 saturated heterocycles. The zero-order chi connectivity index (χ0) is 18.0. The first-order chi connectivity index (χ1) is 11.9. The van der Waals surface area contributed by atoms with Gasteiger partial charge in [-0.1, -0.05) is 29.3 Å². The first-order valence-electron chi connectivity index (χ1n) is 7.91. The highest BCUT2D eigenvalue weighted by Gasteiger charge is 2.29. The lowest BCUT2D eigenvalue weighted by molar-refractivity contribution is -0.120. The first-order valence-corrected chi connectivity index (χ1v) is 7.91. The quantitative estimate of drug-likeness (QED) is 0.509. The minimum Gasteiger partial charge on any atom is -0.423 e. The summed E-state index contributed by atoms with van der Waals surface area (Å²) in [5.74, 6) is -0.329. The zero-order valence-corrected chi connectivity index (χ0v) is 14.0. The van der Waals surface area contributed by atoms with E-state index in [2.05, 4.69) is 10.6 Å². The van der Waals surface area contributed by atoms with E-state index in [1.165, 1.54) is 0 Å². The molecule has 1 atom stereocenters. The highest BCUT2D eigenvalue weighted by Crippen LogP contribution is 2.17. The van der Waals surface area contributed by atoms with Gasteiger partial charge in [-0.25, -0.2) is 9.59 Å². The Bertz CT molecular complexity index is 823. The molecule has 0 saturated carbocycles. The van der Waals surface area contributed by atoms with Crippen molar-refractivity contribution in [1.82, 2.24) is 10.6 Å². The van der Waals surface area contributed by atoms with E-state index < -0.39 is 18.0 Å². The standard InChI is InChI=1S/C19H18N2O4/c1-11-7-12(2)9-14(8-11)18(23)25-15-5-3-13(4-6-15)10-16-17(22)21-19(24)20-16/h3-9,16H,10H2,1-2H3,(H2,20,21,22,24)/t16-/m1/s1. The fraction of sp³-hybridized carbons (Fsp3) is 0.211. The molecule has 128 valence electrons. The van der Waals surface area contributed by atoms with Crippen LogP contribution < -0.4 is 15.4 Å². The Kier molecular flexibility index (Phi) is 4.52. The number of ether oxygens (including phenoxy) is 1. The van der Waals surface area contributed by atoms with Gasteiger partial charge < -0.3 is 10.1 Å². The van der Waals surface area contributed by atoms with Gasteiger partial charge in [0.05, 0.1) is 5.56 Å². The molecule has 25 heavy (non-hydrogen) atoms. The van der Waals surface area contributed by atoms with Crippen molar-refractivity contribution in [3.05, 3.63) is 64.7 Å². The average Bonchev–Trinajstić information content (AvgIpc) is 2.86. The highest BCUT2D eigenvalue weighted by molar-refractivity contribution is 6.04. The van der Waals surface area contributed by atoms with Crippen molar-refractivity contribution in [2.24, 2.45) is 0 Å². The number of imide groups is 1. The molecular weight excluding hydrogens is 320 g/mol. The third kappa shape index (κ3) is 4.03. The van der Waals surface area contributed by atoms with E-state index in [1.54, 1.807) is 36.4 Å². The largest absolute Gasteiger partial charge is 0.423 e. The van der Waals surface area contributed by atoms with Gasteiger partial charge in [0.15, 0.2) is 0 Å². The Labute approximate surface area is 145 Å². The van der Waals surface area contributed by atoms with Crippen LogP contribution in [0.4, 0.5) is 4.79 Å². The van der Waals surface area contributed by atoms with Gasteiger partial charge in [-0.3, -0.25) is 10.1 Å². The van der Waals surface area contributed by atoms with E-state index in [9.17, 15) is 14.4 Å². The summed E-state index contributed by atoms with van der Waals surface area (Å²) < 4.78 is 5.39. The Hall–Kier alpha value is -3.15. The fourth-order valence-corrected chi connectivity index (χ4v) is 2.79. The molecule has 1 fully saturated rings. The summed E-state index contributed by atoms with van der Waals surface area (Å²) in [5, 5.41) is 4.74. The van der Waals surface area contributed by atoms with Crippen LogP contribution in [0.2, 0.25) is 0 Å². The summed E-state index contributed by atoms with van der Waals surface area (Å²) in [5.41, 5.74) is 3.36. The summed E-state index contributed by atoms with van der Waals surface area (Å²) in [6, 6.07) is 11.4. The molecule has 0 unspecified atom stereocenters. The normalized spacial score (nSPS) is 16.3. The molecule has 1 aliphatic rings. The molecule has 0 aliphatic carbocycles. The molecule has 0 aromatic heterocycles. The lowest BCUT2D eigenvalue weighted by Crippen LogP contribution is -2.31. The van der Waals surface area contributed by atoms with Crippen LogP contribution in [0.5, 0.6) is 5.75 Å². The molecular formula is C19H18N2O4. The maximum atomic E-state index is 12.2. The van der Waals surface area contributed by atoms with Gasteiger partial charge in [-0.2, -0.15) is 0 Å². The number of nitrogens with one attached hydrogen (secondary N) is 2. The summed E-state index contributed by atoms with van der Waals surface area (Å²) in [6.45, 7) is 3.85. The molecule has 1 aliphatic heterocycles. The van der Waals surface area contributed by atoms with Crippen LogP contribution in [0.3, 0.4) is 0 Å². The van der Waals surface area contributed by atoms with E-state index in [1.807, 2.05) is 19.9 Å². The smallest absolute Gasteiger partial charge is 0.343 e. The van der Waals surface area contributed by atoms with E-state index in [0.29, 0.717) is 17.7 Å². The van der Waals surface area contributed by atoms with Crippen LogP contribution in [-0.2, 0) is 11.2 Å². The minimum absolute atomic E-state index is 0.338. The Morgan fingerprint density at radius 3 is 2.24 bits per heavy atom. The van der Waals surface area contributed by atoms with Crippen LogP contribution in [0.25, 0.3) is 0 Å². The molecule has 2 aromatic carbocycles. The van der Waals surface area contributed by atoms with Crippen molar-refractivity contribution in [3.8, 4) is 5.75 Å². The molecule has 6 nitrogen and oxygen atoms in total. The summed E-state index contributed by atoms with van der Waals surface area (Å²) >= 11 is 0. The summed E-state index contributed by atoms with van der Waals surface area (Å²) in [6.07, 6.45) is 0.378. The number of rotatable bonds is 4. The van der Waals surface area contributed by atoms with Gasteiger partial charge in [0.1, 0.15) is 11.8 Å². The van der Waals surface area contributed by atoms with Gasteiger partial charge in [0, 0.05) is 6.42 Å². The van der Waals surface area contributed by atoms with Gasteiger partial charge in [0.2, 0.25) is 0 Å². The Balaban J connectivity index is 1.65. The van der Waals surface area contributed by atoms with Gasteiger partial charge in [0.25, 0.3) is 5.91 Å². The maximum absolute atomic E-state index is 12.2. The molecule has 3 amide bonds. The number of esters is 1. The van der Waals surface area contributed by atoms with Crippen LogP contribution >= 0.6 is 0 Å². The molecule has 6 heteroatoms. The lowest BCUT2D eigenvalue weighted by Gasteiger charge is -2.09. The minimum atomic E-state index is -0.573. The Morgan fingerprint density at radius 1 is 1.04 bits per heavy atom. The maximum Gasteiger partial charge on any atom is 0.343 e. The first kappa shape index (κ1) is 16.7. The summed E-state index contributed by atoms with van der Waals surface area (Å²) in [7, 11) is 0. The topological polar surface area (TPSA) is 84.5 Å². The molecule has 0 bridgehead atoms. The molecule has 3 rings (SSSR count). The van der Waals surface area contributed by atoms with Crippen molar-refractivity contribution < 1.29 is 19.1 Å². The van der Waals surface area contributed by atoms with Crippen LogP contribution in [0.15, 0.2) is 42.5 Å². The second-order valence-corrected chi connectivity index (χ2v) is 6.13. The monoisotopic (exact) mass is 338 g/mol. The lowest BCUT2D eigenvalue weighted by atomic mass is 10.1. The third-order valence-electron chi connectivity index (χ3n) is 3.89. The number of carbonyl (C=O) groups is 3. The molecule has 2 aromatic rings. The molecule has 1 heterocycles. The number of carbonyl (C=O) groups excluding carboxylic acids is 3. The van der Waals surface area contributed by atoms with Crippen molar-refractivity contribution in [3.63, 3.8) is 0 Å². The summed E-state index contributed by atoms with van der Waals surface area (Å²) in [4.78, 5) is 34.9. The van der Waals surface area contributed by atoms with Crippen LogP contribution in [0.1, 0.15) is 27.0 Å². The fourth-order valence-electron chi connectivity index (χ4n) is 2.79. The second-order valence-electron chi connectivity index (χ2n) is 6.13. The number of benzene rings is 2. The van der Waals surface area contributed by atoms with Gasteiger partial charge in [-0.05, 0) is 43.7 Å². The van der Waals surface area contributed by atoms with Crippen molar-refractivity contribution in [1.29, 1.82) is 0 Å². The van der Waals surface area contributed by atoms with Crippen molar-refractivity contribution in [2.75, 3.05) is 0 Å². The van der Waals surface area contributed by atoms with Crippen molar-refractivity contribution >= 4 is 17.9 Å². The predicted octanol–water partition coefficient (Wildman–Crippen LogP) is 2.27. The third-order valence-corrected chi connectivity index (χ3v) is 3.89. The molecule has 0 radical (unpaired) electrons. The number of hydrogen-bond acceptors (Lipinski definition) is 4. The number of amides is 3. The van der Waals surface area contributed by atoms with E-state index in [-0.39, 0.29) is 5.91 Å². The number of aryl methyl sites for hydroxylation is 2. The van der Waals surface area contributed by atoms with Crippen LogP contribution in [-0.4, -0.2) is 23.9 Å². The van der Waals surface area contributed by atoms with E-state index in [4.69, 9.17) is 4.74 Å². The highest BCUT2D eigenvalue weighted by atomic mass is 16.5. The Morgan fingerprint density at radius 2 is 1.68 bits per heavy atom. The van der Waals surface area contributed by atoms with Crippen molar-refractivity contribution in [2.45, 2.75) is 26.3 Å². The van der Waals surface area contributed by atoms with Gasteiger partial charge >= 0.3 is 12.0 Å². The predicted molar refractivity (Wildman–Crippen MR) is 91.5 cm³/mol. The molecule has 0 spiro atoms. The van der Waals surface area contributed by atoms with E-state index in [0.717, 1.165) is 16.7 Å². The van der Waals surface area contributed by atoms with Crippen LogP contribution in [0, 0.1) is 13.8 Å². The zero-order valence-electron chi connectivity index (χ0n) is 14.0. The SMILES string of the molecule is Cc1cc(C)cc(C(=O)Oc2ccc(C[C@H]3NC(=O)NC3=O)cc2)c1. The molecule has 2 N–H and O–H groups in total. The second kappa shape index (κ2) is 6.76.